The molecule has 102 valence electrons. The monoisotopic (exact) mass is 262 g/mol. The lowest BCUT2D eigenvalue weighted by atomic mass is 10.1. The van der Waals surface area contributed by atoms with Crippen LogP contribution in [0.4, 0.5) is 10.5 Å². The van der Waals surface area contributed by atoms with E-state index in [1.54, 1.807) is 23.1 Å². The number of hydrogen-bond donors (Lipinski definition) is 2. The molecule has 2 rings (SSSR count). The fraction of sp³-hybridized carbons (Fsp3) is 0.429. The van der Waals surface area contributed by atoms with Crippen molar-refractivity contribution in [1.82, 2.24) is 5.32 Å². The van der Waals surface area contributed by atoms with Crippen molar-refractivity contribution in [3.05, 3.63) is 29.3 Å². The third-order valence-corrected chi connectivity index (χ3v) is 3.27. The first-order valence-electron chi connectivity index (χ1n) is 6.55. The number of unbranched alkanes of at least 4 members (excludes halogenated alkanes) is 1. The summed E-state index contributed by atoms with van der Waals surface area (Å²) in [6.45, 7) is 3.36. The van der Waals surface area contributed by atoms with Crippen LogP contribution in [0.25, 0.3) is 0 Å². The van der Waals surface area contributed by atoms with Crippen LogP contribution in [0, 0.1) is 0 Å². The molecule has 5 nitrogen and oxygen atoms in total. The van der Waals surface area contributed by atoms with Gasteiger partial charge in [0.25, 0.3) is 0 Å². The number of hydrogen-bond acceptors (Lipinski definition) is 2. The van der Waals surface area contributed by atoms with E-state index >= 15 is 0 Å². The van der Waals surface area contributed by atoms with Gasteiger partial charge in [0.2, 0.25) is 0 Å². The predicted octanol–water partition coefficient (Wildman–Crippen LogP) is 2.26. The van der Waals surface area contributed by atoms with Gasteiger partial charge in [0.05, 0.1) is 5.56 Å². The lowest BCUT2D eigenvalue weighted by molar-refractivity contribution is 0.0697. The zero-order valence-corrected chi connectivity index (χ0v) is 11.0. The van der Waals surface area contributed by atoms with E-state index in [-0.39, 0.29) is 11.6 Å². The topological polar surface area (TPSA) is 69.6 Å². The highest BCUT2D eigenvalue weighted by molar-refractivity contribution is 5.95. The molecule has 1 aliphatic rings. The molecule has 1 heterocycles. The van der Waals surface area contributed by atoms with Crippen molar-refractivity contribution in [2.75, 3.05) is 18.0 Å². The number of urea groups is 1. The van der Waals surface area contributed by atoms with E-state index in [9.17, 15) is 9.59 Å². The largest absolute Gasteiger partial charge is 0.478 e. The Hall–Kier alpha value is -2.04. The second kappa shape index (κ2) is 5.73. The molecule has 0 atom stereocenters. The van der Waals surface area contributed by atoms with Crippen LogP contribution in [0.2, 0.25) is 0 Å². The fourth-order valence-corrected chi connectivity index (χ4v) is 2.21. The molecule has 0 aliphatic carbocycles. The number of benzene rings is 1. The van der Waals surface area contributed by atoms with Gasteiger partial charge in [-0.1, -0.05) is 13.3 Å². The Morgan fingerprint density at radius 3 is 2.89 bits per heavy atom. The zero-order valence-electron chi connectivity index (χ0n) is 11.0. The molecular weight excluding hydrogens is 244 g/mol. The van der Waals surface area contributed by atoms with Crippen LogP contribution in [0.1, 0.15) is 35.7 Å². The second-order valence-corrected chi connectivity index (χ2v) is 4.64. The molecule has 0 aromatic heterocycles. The standard InChI is InChI=1S/C14H18N2O3/c1-2-3-7-15-14(19)16-8-6-10-9-11(13(17)18)4-5-12(10)16/h4-5,9H,2-3,6-8H2,1H3,(H,15,19)(H,17,18). The molecule has 0 unspecified atom stereocenters. The van der Waals surface area contributed by atoms with Crippen molar-refractivity contribution in [2.45, 2.75) is 26.2 Å². The quantitative estimate of drug-likeness (QED) is 0.818. The van der Waals surface area contributed by atoms with Crippen molar-refractivity contribution in [3.8, 4) is 0 Å². The zero-order chi connectivity index (χ0) is 13.8. The van der Waals surface area contributed by atoms with Crippen LogP contribution in [0.3, 0.4) is 0 Å². The van der Waals surface area contributed by atoms with Gasteiger partial charge in [0, 0.05) is 18.8 Å². The average Bonchev–Trinajstić information content (AvgIpc) is 2.81. The summed E-state index contributed by atoms with van der Waals surface area (Å²) in [5, 5.41) is 11.8. The molecule has 5 heteroatoms. The summed E-state index contributed by atoms with van der Waals surface area (Å²) in [5.74, 6) is -0.936. The minimum Gasteiger partial charge on any atom is -0.478 e. The number of carbonyl (C=O) groups excluding carboxylic acids is 1. The van der Waals surface area contributed by atoms with Crippen LogP contribution >= 0.6 is 0 Å². The summed E-state index contributed by atoms with van der Waals surface area (Å²) < 4.78 is 0. The molecule has 0 spiro atoms. The van der Waals surface area contributed by atoms with Gasteiger partial charge in [0.1, 0.15) is 0 Å². The third kappa shape index (κ3) is 2.86. The van der Waals surface area contributed by atoms with Crippen molar-refractivity contribution >= 4 is 17.7 Å². The summed E-state index contributed by atoms with van der Waals surface area (Å²) in [6.07, 6.45) is 2.71. The van der Waals surface area contributed by atoms with E-state index in [1.165, 1.54) is 0 Å². The molecule has 0 bridgehead atoms. The van der Waals surface area contributed by atoms with Gasteiger partial charge < -0.3 is 10.4 Å². The first kappa shape index (κ1) is 13.4. The maximum absolute atomic E-state index is 12.0. The fourth-order valence-electron chi connectivity index (χ4n) is 2.21. The Bertz CT molecular complexity index is 499. The Kier molecular flexibility index (Phi) is 4.04. The van der Waals surface area contributed by atoms with Gasteiger partial charge in [-0.2, -0.15) is 0 Å². The molecule has 19 heavy (non-hydrogen) atoms. The Balaban J connectivity index is 2.09. The van der Waals surface area contributed by atoms with Crippen molar-refractivity contribution in [2.24, 2.45) is 0 Å². The maximum Gasteiger partial charge on any atom is 0.335 e. The third-order valence-electron chi connectivity index (χ3n) is 3.27. The van der Waals surface area contributed by atoms with Crippen LogP contribution in [0.15, 0.2) is 18.2 Å². The summed E-state index contributed by atoms with van der Waals surface area (Å²) in [6, 6.07) is 4.80. The highest BCUT2D eigenvalue weighted by Gasteiger charge is 2.25. The summed E-state index contributed by atoms with van der Waals surface area (Å²) in [4.78, 5) is 24.6. The van der Waals surface area contributed by atoms with Gasteiger partial charge in [-0.3, -0.25) is 4.90 Å². The van der Waals surface area contributed by atoms with E-state index in [0.29, 0.717) is 19.5 Å². The number of nitrogens with one attached hydrogen (secondary N) is 1. The number of nitrogens with zero attached hydrogens (tertiary/aromatic N) is 1. The minimum absolute atomic E-state index is 0.102. The number of rotatable bonds is 4. The molecule has 0 saturated heterocycles. The van der Waals surface area contributed by atoms with E-state index in [2.05, 4.69) is 12.2 Å². The first-order valence-corrected chi connectivity index (χ1v) is 6.55. The van der Waals surface area contributed by atoms with Crippen LogP contribution in [-0.4, -0.2) is 30.2 Å². The number of carboxylic acid groups (broad SMARTS) is 1. The molecule has 0 fully saturated rings. The highest BCUT2D eigenvalue weighted by Crippen LogP contribution is 2.28. The van der Waals surface area contributed by atoms with E-state index < -0.39 is 5.97 Å². The summed E-state index contributed by atoms with van der Waals surface area (Å²) >= 11 is 0. The molecule has 1 aromatic rings. The van der Waals surface area contributed by atoms with E-state index in [4.69, 9.17) is 5.11 Å². The molecule has 1 aliphatic heterocycles. The molecular formula is C14H18N2O3. The summed E-state index contributed by atoms with van der Waals surface area (Å²) in [5.41, 5.74) is 2.01. The lowest BCUT2D eigenvalue weighted by Gasteiger charge is -2.18. The number of anilines is 1. The Morgan fingerprint density at radius 2 is 2.21 bits per heavy atom. The van der Waals surface area contributed by atoms with Crippen molar-refractivity contribution < 1.29 is 14.7 Å². The molecule has 0 radical (unpaired) electrons. The van der Waals surface area contributed by atoms with E-state index in [0.717, 1.165) is 24.1 Å². The number of amides is 2. The lowest BCUT2D eigenvalue weighted by Crippen LogP contribution is -2.39. The molecule has 0 saturated carbocycles. The highest BCUT2D eigenvalue weighted by atomic mass is 16.4. The SMILES string of the molecule is CCCCNC(=O)N1CCc2cc(C(=O)O)ccc21. The Morgan fingerprint density at radius 1 is 1.42 bits per heavy atom. The maximum atomic E-state index is 12.0. The Labute approximate surface area is 112 Å². The van der Waals surface area contributed by atoms with Gasteiger partial charge >= 0.3 is 12.0 Å². The smallest absolute Gasteiger partial charge is 0.335 e. The van der Waals surface area contributed by atoms with Crippen LogP contribution in [0.5, 0.6) is 0 Å². The number of fused-ring (bicyclic) bond motifs is 1. The normalized spacial score (nSPS) is 13.2. The van der Waals surface area contributed by atoms with Crippen molar-refractivity contribution in [3.63, 3.8) is 0 Å². The minimum atomic E-state index is -0.936. The number of carbonyl (C=O) groups is 2. The number of carboxylic acids is 1. The van der Waals surface area contributed by atoms with Gasteiger partial charge in [-0.15, -0.1) is 0 Å². The van der Waals surface area contributed by atoms with Gasteiger partial charge in [-0.25, -0.2) is 9.59 Å². The van der Waals surface area contributed by atoms with Gasteiger partial charge in [0.15, 0.2) is 0 Å². The second-order valence-electron chi connectivity index (χ2n) is 4.64. The van der Waals surface area contributed by atoms with Crippen molar-refractivity contribution in [1.29, 1.82) is 0 Å². The molecule has 2 amide bonds. The predicted molar refractivity (Wildman–Crippen MR) is 72.8 cm³/mol. The summed E-state index contributed by atoms with van der Waals surface area (Å²) in [7, 11) is 0. The van der Waals surface area contributed by atoms with E-state index in [1.807, 2.05) is 0 Å². The first-order chi connectivity index (χ1) is 9.13. The van der Waals surface area contributed by atoms with Crippen LogP contribution in [-0.2, 0) is 6.42 Å². The average molecular weight is 262 g/mol. The van der Waals surface area contributed by atoms with Gasteiger partial charge in [-0.05, 0) is 36.6 Å². The number of aromatic carboxylic acids is 1. The molecule has 2 N–H and O–H groups in total. The molecule has 1 aromatic carbocycles. The van der Waals surface area contributed by atoms with Crippen LogP contribution < -0.4 is 10.2 Å².